The minimum Gasteiger partial charge on any atom is -0.359 e. The van der Waals surface area contributed by atoms with Gasteiger partial charge in [-0.2, -0.15) is 0 Å². The van der Waals surface area contributed by atoms with Gasteiger partial charge in [-0.3, -0.25) is 20.1 Å². The molecule has 0 bridgehead atoms. The van der Waals surface area contributed by atoms with Gasteiger partial charge in [-0.15, -0.1) is 0 Å². The lowest BCUT2D eigenvalue weighted by Gasteiger charge is -2.19. The molecule has 30 heavy (non-hydrogen) atoms. The fraction of sp³-hybridized carbons (Fsp3) is 0.292. The smallest absolute Gasteiger partial charge is 0.255 e. The standard InChI is InChI=1S/C24H28N4O2/c1-2-3-8-23(30-18-20-6-4-13-25-15-20)27-16-19-9-11-21(12-10-19)24(29)28-22-7-5-14-26-17-22/h4-7,9-15,17,23,27H,2-3,8,16,18H2,1H3,(H,28,29). The van der Waals surface area contributed by atoms with Crippen LogP contribution in [0.15, 0.2) is 73.3 Å². The van der Waals surface area contributed by atoms with Crippen LogP contribution in [0.5, 0.6) is 0 Å². The van der Waals surface area contributed by atoms with Crippen LogP contribution < -0.4 is 10.6 Å². The molecular formula is C24H28N4O2. The van der Waals surface area contributed by atoms with E-state index in [1.807, 2.05) is 48.7 Å². The molecule has 0 spiro atoms. The maximum absolute atomic E-state index is 12.4. The Morgan fingerprint density at radius 3 is 2.43 bits per heavy atom. The van der Waals surface area contributed by atoms with Gasteiger partial charge in [0.1, 0.15) is 6.23 Å². The van der Waals surface area contributed by atoms with Crippen LogP contribution in [0.3, 0.4) is 0 Å². The van der Waals surface area contributed by atoms with Crippen LogP contribution in [0.25, 0.3) is 0 Å². The number of nitrogens with one attached hydrogen (secondary N) is 2. The van der Waals surface area contributed by atoms with Crippen molar-refractivity contribution in [3.05, 3.63) is 90.0 Å². The molecule has 6 heteroatoms. The van der Waals surface area contributed by atoms with Gasteiger partial charge in [0.15, 0.2) is 0 Å². The van der Waals surface area contributed by atoms with Crippen molar-refractivity contribution in [3.63, 3.8) is 0 Å². The number of anilines is 1. The van der Waals surface area contributed by atoms with Crippen molar-refractivity contribution in [3.8, 4) is 0 Å². The van der Waals surface area contributed by atoms with E-state index in [-0.39, 0.29) is 12.1 Å². The van der Waals surface area contributed by atoms with Gasteiger partial charge in [0.25, 0.3) is 5.91 Å². The van der Waals surface area contributed by atoms with E-state index >= 15 is 0 Å². The van der Waals surface area contributed by atoms with Crippen LogP contribution in [-0.2, 0) is 17.9 Å². The number of benzene rings is 1. The van der Waals surface area contributed by atoms with Gasteiger partial charge in [0, 0.05) is 30.7 Å². The normalized spacial score (nSPS) is 11.8. The number of carbonyl (C=O) groups excluding carboxylic acids is 1. The Labute approximate surface area is 177 Å². The average Bonchev–Trinajstić information content (AvgIpc) is 2.80. The molecule has 156 valence electrons. The zero-order valence-electron chi connectivity index (χ0n) is 17.3. The van der Waals surface area contributed by atoms with Crippen molar-refractivity contribution >= 4 is 11.6 Å². The third-order valence-electron chi connectivity index (χ3n) is 4.66. The molecule has 0 aliphatic carbocycles. The highest BCUT2D eigenvalue weighted by Gasteiger charge is 2.10. The summed E-state index contributed by atoms with van der Waals surface area (Å²) in [6.45, 7) is 3.38. The van der Waals surface area contributed by atoms with Crippen LogP contribution >= 0.6 is 0 Å². The number of pyridine rings is 2. The number of hydrogen-bond acceptors (Lipinski definition) is 5. The minimum absolute atomic E-state index is 0.0290. The molecule has 3 aromatic rings. The lowest BCUT2D eigenvalue weighted by Crippen LogP contribution is -2.31. The molecule has 3 rings (SSSR count). The average molecular weight is 405 g/mol. The quantitative estimate of drug-likeness (QED) is 0.459. The SMILES string of the molecule is CCCCC(NCc1ccc(C(=O)Nc2cccnc2)cc1)OCc1cccnc1. The van der Waals surface area contributed by atoms with E-state index in [0.29, 0.717) is 24.4 Å². The molecule has 0 aliphatic rings. The van der Waals surface area contributed by atoms with Gasteiger partial charge >= 0.3 is 0 Å². The van der Waals surface area contributed by atoms with E-state index in [1.54, 1.807) is 24.7 Å². The first kappa shape index (κ1) is 21.6. The predicted octanol–water partition coefficient (Wildman–Crippen LogP) is 4.55. The Balaban J connectivity index is 1.51. The Morgan fingerprint density at radius 1 is 1.00 bits per heavy atom. The number of unbranched alkanes of at least 4 members (excludes halogenated alkanes) is 1. The number of nitrogens with zero attached hydrogens (tertiary/aromatic N) is 2. The summed E-state index contributed by atoms with van der Waals surface area (Å²) in [5.41, 5.74) is 3.44. The summed E-state index contributed by atoms with van der Waals surface area (Å²) in [4.78, 5) is 20.5. The summed E-state index contributed by atoms with van der Waals surface area (Å²) in [6, 6.07) is 15.1. The second-order valence-electron chi connectivity index (χ2n) is 7.08. The van der Waals surface area contributed by atoms with Crippen LogP contribution in [0.2, 0.25) is 0 Å². The van der Waals surface area contributed by atoms with Crippen molar-refractivity contribution in [2.45, 2.75) is 45.6 Å². The first-order valence-corrected chi connectivity index (χ1v) is 10.3. The Hall–Kier alpha value is -3.09. The zero-order chi connectivity index (χ0) is 21.0. The minimum atomic E-state index is -0.150. The summed E-state index contributed by atoms with van der Waals surface area (Å²) in [5.74, 6) is -0.150. The second kappa shape index (κ2) is 11.8. The van der Waals surface area contributed by atoms with Crippen molar-refractivity contribution in [2.24, 2.45) is 0 Å². The van der Waals surface area contributed by atoms with E-state index in [0.717, 1.165) is 30.4 Å². The zero-order valence-corrected chi connectivity index (χ0v) is 17.3. The molecule has 0 aliphatic heterocycles. The number of carbonyl (C=O) groups is 1. The van der Waals surface area contributed by atoms with Gasteiger partial charge < -0.3 is 10.1 Å². The Bertz CT molecular complexity index is 886. The van der Waals surface area contributed by atoms with Gasteiger partial charge in [-0.25, -0.2) is 0 Å². The molecule has 1 amide bonds. The maximum atomic E-state index is 12.4. The highest BCUT2D eigenvalue weighted by molar-refractivity contribution is 6.04. The van der Waals surface area contributed by atoms with Crippen LogP contribution in [0.4, 0.5) is 5.69 Å². The van der Waals surface area contributed by atoms with E-state index in [9.17, 15) is 4.79 Å². The second-order valence-corrected chi connectivity index (χ2v) is 7.08. The van der Waals surface area contributed by atoms with Crippen molar-refractivity contribution in [2.75, 3.05) is 5.32 Å². The van der Waals surface area contributed by atoms with Crippen molar-refractivity contribution in [1.29, 1.82) is 0 Å². The molecule has 0 saturated heterocycles. The highest BCUT2D eigenvalue weighted by Crippen LogP contribution is 2.11. The number of rotatable bonds is 11. The third kappa shape index (κ3) is 7.06. The summed E-state index contributed by atoms with van der Waals surface area (Å²) in [7, 11) is 0. The van der Waals surface area contributed by atoms with Crippen molar-refractivity contribution in [1.82, 2.24) is 15.3 Å². The summed E-state index contributed by atoms with van der Waals surface area (Å²) in [6.07, 6.45) is 10.0. The first-order valence-electron chi connectivity index (χ1n) is 10.3. The summed E-state index contributed by atoms with van der Waals surface area (Å²) in [5, 5.41) is 6.32. The molecular weight excluding hydrogens is 376 g/mol. The molecule has 0 saturated carbocycles. The largest absolute Gasteiger partial charge is 0.359 e. The van der Waals surface area contributed by atoms with E-state index in [4.69, 9.17) is 4.74 Å². The number of ether oxygens (including phenoxy) is 1. The topological polar surface area (TPSA) is 76.1 Å². The molecule has 1 unspecified atom stereocenters. The molecule has 1 aromatic carbocycles. The Kier molecular flexibility index (Phi) is 8.50. The lowest BCUT2D eigenvalue weighted by molar-refractivity contribution is 0.00941. The van der Waals surface area contributed by atoms with Crippen molar-refractivity contribution < 1.29 is 9.53 Å². The van der Waals surface area contributed by atoms with Gasteiger partial charge in [-0.1, -0.05) is 31.5 Å². The van der Waals surface area contributed by atoms with E-state index < -0.39 is 0 Å². The first-order chi connectivity index (χ1) is 14.7. The molecule has 6 nitrogen and oxygen atoms in total. The number of amides is 1. The third-order valence-corrected chi connectivity index (χ3v) is 4.66. The van der Waals surface area contributed by atoms with Gasteiger partial charge in [-0.05, 0) is 54.3 Å². The molecule has 0 fully saturated rings. The fourth-order valence-corrected chi connectivity index (χ4v) is 2.96. The fourth-order valence-electron chi connectivity index (χ4n) is 2.96. The van der Waals surface area contributed by atoms with Gasteiger partial charge in [0.05, 0.1) is 18.5 Å². The van der Waals surface area contributed by atoms with E-state index in [1.165, 1.54) is 0 Å². The number of aromatic nitrogens is 2. The predicted molar refractivity (Wildman–Crippen MR) is 118 cm³/mol. The van der Waals surface area contributed by atoms with Crippen LogP contribution in [0.1, 0.15) is 47.7 Å². The molecule has 2 aromatic heterocycles. The van der Waals surface area contributed by atoms with E-state index in [2.05, 4.69) is 27.5 Å². The summed E-state index contributed by atoms with van der Waals surface area (Å²) >= 11 is 0. The Morgan fingerprint density at radius 2 is 1.77 bits per heavy atom. The maximum Gasteiger partial charge on any atom is 0.255 e. The van der Waals surface area contributed by atoms with Gasteiger partial charge in [0.2, 0.25) is 0 Å². The molecule has 0 radical (unpaired) electrons. The highest BCUT2D eigenvalue weighted by atomic mass is 16.5. The summed E-state index contributed by atoms with van der Waals surface area (Å²) < 4.78 is 6.06. The number of hydrogen-bond donors (Lipinski definition) is 2. The van der Waals surface area contributed by atoms with Crippen LogP contribution in [0, 0.1) is 0 Å². The lowest BCUT2D eigenvalue weighted by atomic mass is 10.1. The molecule has 2 N–H and O–H groups in total. The van der Waals surface area contributed by atoms with Crippen LogP contribution in [-0.4, -0.2) is 22.1 Å². The molecule has 2 heterocycles. The monoisotopic (exact) mass is 404 g/mol. The molecule has 1 atom stereocenters.